The van der Waals surface area contributed by atoms with Crippen LogP contribution in [-0.2, 0) is 4.79 Å². The quantitative estimate of drug-likeness (QED) is 0.881. The first-order chi connectivity index (χ1) is 9.75. The van der Waals surface area contributed by atoms with E-state index in [4.69, 9.17) is 11.6 Å². The second-order valence-electron chi connectivity index (χ2n) is 4.39. The molecule has 100 valence electrons. The number of para-hydroxylation sites is 1. The fourth-order valence-corrected chi connectivity index (χ4v) is 3.37. The molecular formula is C16H12ClNOS. The molecule has 0 fully saturated rings. The summed E-state index contributed by atoms with van der Waals surface area (Å²) >= 11 is 7.75. The summed E-state index contributed by atoms with van der Waals surface area (Å²) in [4.78, 5) is 13.5. The number of allylic oxidation sites excluding steroid dienone is 6. The van der Waals surface area contributed by atoms with Crippen LogP contribution in [0.15, 0.2) is 70.7 Å². The summed E-state index contributed by atoms with van der Waals surface area (Å²) < 4.78 is 0. The Kier molecular flexibility index (Phi) is 3.81. The van der Waals surface area contributed by atoms with Crippen molar-refractivity contribution >= 4 is 35.0 Å². The van der Waals surface area contributed by atoms with E-state index in [9.17, 15) is 4.79 Å². The lowest BCUT2D eigenvalue weighted by Gasteiger charge is -2.08. The minimum atomic E-state index is -0.0875. The molecule has 0 unspecified atom stereocenters. The molecule has 0 bridgehead atoms. The Bertz CT molecular complexity index is 685. The number of carbonyl (C=O) groups excluding carboxylic acids is 1. The summed E-state index contributed by atoms with van der Waals surface area (Å²) in [5.41, 5.74) is 2.44. The van der Waals surface area contributed by atoms with Crippen molar-refractivity contribution in [2.75, 3.05) is 11.1 Å². The van der Waals surface area contributed by atoms with Gasteiger partial charge in [0.15, 0.2) is 0 Å². The maximum absolute atomic E-state index is 12.4. The highest BCUT2D eigenvalue weighted by molar-refractivity contribution is 8.03. The van der Waals surface area contributed by atoms with Crippen molar-refractivity contribution < 1.29 is 4.79 Å². The highest BCUT2D eigenvalue weighted by atomic mass is 35.5. The molecule has 1 heterocycles. The fraction of sp³-hybridized carbons (Fsp3) is 0.0625. The maximum Gasteiger partial charge on any atom is 0.253 e. The predicted octanol–water partition coefficient (Wildman–Crippen LogP) is 4.33. The first-order valence-electron chi connectivity index (χ1n) is 6.23. The average Bonchev–Trinajstić information content (AvgIpc) is 2.71. The van der Waals surface area contributed by atoms with Gasteiger partial charge in [-0.25, -0.2) is 0 Å². The van der Waals surface area contributed by atoms with Crippen LogP contribution >= 0.6 is 23.4 Å². The van der Waals surface area contributed by atoms with Gasteiger partial charge in [-0.1, -0.05) is 48.0 Å². The lowest BCUT2D eigenvalue weighted by molar-refractivity contribution is -0.112. The van der Waals surface area contributed by atoms with Crippen LogP contribution in [0.2, 0.25) is 5.02 Å². The summed E-state index contributed by atoms with van der Waals surface area (Å²) in [6, 6.07) is 7.25. The van der Waals surface area contributed by atoms with Crippen molar-refractivity contribution in [1.29, 1.82) is 0 Å². The van der Waals surface area contributed by atoms with Crippen molar-refractivity contribution in [3.8, 4) is 0 Å². The smallest absolute Gasteiger partial charge is 0.253 e. The number of hydrogen-bond acceptors (Lipinski definition) is 2. The van der Waals surface area contributed by atoms with Crippen molar-refractivity contribution in [1.82, 2.24) is 0 Å². The van der Waals surface area contributed by atoms with E-state index in [1.54, 1.807) is 23.9 Å². The highest BCUT2D eigenvalue weighted by Crippen LogP contribution is 2.38. The number of carbonyl (C=O) groups is 1. The Morgan fingerprint density at radius 1 is 1.20 bits per heavy atom. The third-order valence-corrected chi connectivity index (χ3v) is 4.52. The maximum atomic E-state index is 12.4. The van der Waals surface area contributed by atoms with Crippen LogP contribution in [0.5, 0.6) is 0 Å². The number of benzene rings is 1. The topological polar surface area (TPSA) is 29.1 Å². The normalized spacial score (nSPS) is 16.8. The number of nitrogens with one attached hydrogen (secondary N) is 1. The Labute approximate surface area is 126 Å². The molecule has 3 rings (SSSR count). The minimum Gasteiger partial charge on any atom is -0.321 e. The molecule has 0 saturated carbocycles. The zero-order valence-corrected chi connectivity index (χ0v) is 12.2. The molecule has 1 aromatic rings. The number of rotatable bonds is 2. The standard InChI is InChI=1S/C16H12ClNOS/c17-13-7-4-5-8-14(13)18-16(19)12-10-20-15-9-3-1-2-6-11(12)15/h1-9H,10H2,(H,18,19). The van der Waals surface area contributed by atoms with E-state index in [-0.39, 0.29) is 5.91 Å². The molecule has 1 aliphatic carbocycles. The molecule has 1 amide bonds. The van der Waals surface area contributed by atoms with Gasteiger partial charge < -0.3 is 5.32 Å². The molecule has 4 heteroatoms. The molecule has 2 nitrogen and oxygen atoms in total. The van der Waals surface area contributed by atoms with Crippen molar-refractivity contribution in [3.63, 3.8) is 0 Å². The van der Waals surface area contributed by atoms with Crippen molar-refractivity contribution in [3.05, 3.63) is 75.7 Å². The van der Waals surface area contributed by atoms with Crippen LogP contribution < -0.4 is 5.32 Å². The van der Waals surface area contributed by atoms with E-state index in [1.165, 1.54) is 0 Å². The lowest BCUT2D eigenvalue weighted by Crippen LogP contribution is -2.15. The minimum absolute atomic E-state index is 0.0875. The monoisotopic (exact) mass is 301 g/mol. The summed E-state index contributed by atoms with van der Waals surface area (Å²) in [5, 5.41) is 3.43. The Hall–Kier alpha value is -1.71. The van der Waals surface area contributed by atoms with Crippen LogP contribution in [0.1, 0.15) is 0 Å². The Morgan fingerprint density at radius 2 is 2.05 bits per heavy atom. The molecule has 0 aromatic heterocycles. The summed E-state index contributed by atoms with van der Waals surface area (Å²) in [6.07, 6.45) is 9.92. The molecule has 2 aliphatic rings. The van der Waals surface area contributed by atoms with Crippen molar-refractivity contribution in [2.45, 2.75) is 0 Å². The second-order valence-corrected chi connectivity index (χ2v) is 5.81. The van der Waals surface area contributed by atoms with Crippen LogP contribution in [0, 0.1) is 0 Å². The van der Waals surface area contributed by atoms with Gasteiger partial charge in [-0.15, -0.1) is 11.8 Å². The van der Waals surface area contributed by atoms with Crippen LogP contribution in [0.3, 0.4) is 0 Å². The van der Waals surface area contributed by atoms with Gasteiger partial charge >= 0.3 is 0 Å². The lowest BCUT2D eigenvalue weighted by atomic mass is 10.1. The van der Waals surface area contributed by atoms with Gasteiger partial charge in [0.1, 0.15) is 0 Å². The molecule has 0 saturated heterocycles. The van der Waals surface area contributed by atoms with Crippen LogP contribution in [-0.4, -0.2) is 11.7 Å². The third kappa shape index (κ3) is 2.60. The number of halogens is 1. The van der Waals surface area contributed by atoms with Gasteiger partial charge in [-0.3, -0.25) is 4.79 Å². The van der Waals surface area contributed by atoms with Gasteiger partial charge in [0.25, 0.3) is 5.91 Å². The fourth-order valence-electron chi connectivity index (χ4n) is 2.08. The van der Waals surface area contributed by atoms with E-state index >= 15 is 0 Å². The van der Waals surface area contributed by atoms with Gasteiger partial charge in [0, 0.05) is 16.2 Å². The van der Waals surface area contributed by atoms with Gasteiger partial charge in [-0.05, 0) is 23.8 Å². The Morgan fingerprint density at radius 3 is 2.90 bits per heavy atom. The van der Waals surface area contributed by atoms with Gasteiger partial charge in [0.05, 0.1) is 10.7 Å². The molecule has 1 N–H and O–H groups in total. The van der Waals surface area contributed by atoms with Crippen molar-refractivity contribution in [2.24, 2.45) is 0 Å². The SMILES string of the molecule is O=C(Nc1ccccc1Cl)C1=C2C=CC=CC=C2SC1. The summed E-state index contributed by atoms with van der Waals surface area (Å²) in [6.45, 7) is 0. The summed E-state index contributed by atoms with van der Waals surface area (Å²) in [7, 11) is 0. The average molecular weight is 302 g/mol. The number of hydrogen-bond donors (Lipinski definition) is 1. The molecule has 1 aromatic carbocycles. The Balaban J connectivity index is 1.88. The molecular weight excluding hydrogens is 290 g/mol. The first-order valence-corrected chi connectivity index (χ1v) is 7.59. The number of thioether (sulfide) groups is 1. The van der Waals surface area contributed by atoms with E-state index in [0.717, 1.165) is 16.1 Å². The van der Waals surface area contributed by atoms with Crippen LogP contribution in [0.4, 0.5) is 5.69 Å². The second kappa shape index (κ2) is 5.73. The molecule has 0 radical (unpaired) electrons. The molecule has 20 heavy (non-hydrogen) atoms. The van der Waals surface area contributed by atoms with Gasteiger partial charge in [0.2, 0.25) is 0 Å². The third-order valence-electron chi connectivity index (χ3n) is 3.09. The number of amides is 1. The first kappa shape index (κ1) is 13.3. The van der Waals surface area contributed by atoms with E-state index in [2.05, 4.69) is 5.32 Å². The largest absolute Gasteiger partial charge is 0.321 e. The highest BCUT2D eigenvalue weighted by Gasteiger charge is 2.24. The summed E-state index contributed by atoms with van der Waals surface area (Å²) in [5.74, 6) is 0.603. The zero-order chi connectivity index (χ0) is 13.9. The molecule has 0 atom stereocenters. The van der Waals surface area contributed by atoms with E-state index in [0.29, 0.717) is 16.5 Å². The zero-order valence-electron chi connectivity index (χ0n) is 10.6. The number of anilines is 1. The molecule has 1 aliphatic heterocycles. The molecule has 0 spiro atoms. The van der Waals surface area contributed by atoms with E-state index in [1.807, 2.05) is 42.5 Å². The van der Waals surface area contributed by atoms with E-state index < -0.39 is 0 Å². The van der Waals surface area contributed by atoms with Gasteiger partial charge in [-0.2, -0.15) is 0 Å². The number of fused-ring (bicyclic) bond motifs is 1. The predicted molar refractivity (Wildman–Crippen MR) is 85.9 cm³/mol. The van der Waals surface area contributed by atoms with Crippen LogP contribution in [0.25, 0.3) is 0 Å².